The van der Waals surface area contributed by atoms with E-state index < -0.39 is 5.41 Å². The van der Waals surface area contributed by atoms with Gasteiger partial charge in [-0.1, -0.05) is 31.2 Å². The zero-order chi connectivity index (χ0) is 17.2. The van der Waals surface area contributed by atoms with Crippen LogP contribution in [0.1, 0.15) is 54.4 Å². The zero-order valence-corrected chi connectivity index (χ0v) is 14.2. The van der Waals surface area contributed by atoms with Crippen LogP contribution in [0, 0.1) is 6.92 Å². The molecule has 2 N–H and O–H groups in total. The second-order valence-corrected chi connectivity index (χ2v) is 6.69. The minimum Gasteiger partial charge on any atom is -0.289 e. The quantitative estimate of drug-likeness (QED) is 0.666. The predicted molar refractivity (Wildman–Crippen MR) is 93.0 cm³/mol. The van der Waals surface area contributed by atoms with Gasteiger partial charge >= 0.3 is 0 Å². The molecule has 1 aromatic heterocycles. The number of amides is 1. The standard InChI is InChI=1S/C20H24N2O2/c1-3-15-6-4-8-18(14(15)2)20(19(23)22-24)10-9-16(12-20)17-7-5-11-21-13-17/h4-8,11,13,16,24H,3,9-10,12H2,1-2H3,(H,22,23). The highest BCUT2D eigenvalue weighted by Crippen LogP contribution is 2.49. The van der Waals surface area contributed by atoms with Gasteiger partial charge in [-0.15, -0.1) is 0 Å². The van der Waals surface area contributed by atoms with Crippen LogP contribution in [0.5, 0.6) is 0 Å². The molecule has 2 unspecified atom stereocenters. The van der Waals surface area contributed by atoms with Crippen molar-refractivity contribution in [2.24, 2.45) is 0 Å². The van der Waals surface area contributed by atoms with Crippen LogP contribution in [0.15, 0.2) is 42.7 Å². The Balaban J connectivity index is 2.04. The van der Waals surface area contributed by atoms with Crippen molar-refractivity contribution in [3.8, 4) is 0 Å². The van der Waals surface area contributed by atoms with Crippen molar-refractivity contribution >= 4 is 5.91 Å². The number of carbonyl (C=O) groups excluding carboxylic acids is 1. The van der Waals surface area contributed by atoms with E-state index in [0.717, 1.165) is 36.0 Å². The highest BCUT2D eigenvalue weighted by atomic mass is 16.5. The second kappa shape index (κ2) is 6.73. The lowest BCUT2D eigenvalue weighted by Crippen LogP contribution is -2.42. The number of nitrogens with zero attached hydrogens (tertiary/aromatic N) is 1. The van der Waals surface area contributed by atoms with Crippen LogP contribution in [0.2, 0.25) is 0 Å². The number of aryl methyl sites for hydroxylation is 1. The fraction of sp³-hybridized carbons (Fsp3) is 0.400. The third-order valence-electron chi connectivity index (χ3n) is 5.55. The number of hydroxylamine groups is 1. The Morgan fingerprint density at radius 1 is 1.38 bits per heavy atom. The molecule has 2 aromatic rings. The van der Waals surface area contributed by atoms with Crippen LogP contribution in [0.3, 0.4) is 0 Å². The van der Waals surface area contributed by atoms with Gasteiger partial charge in [-0.2, -0.15) is 0 Å². The number of rotatable bonds is 4. The smallest absolute Gasteiger partial charge is 0.254 e. The molecule has 1 aromatic carbocycles. The van der Waals surface area contributed by atoms with E-state index in [-0.39, 0.29) is 11.8 Å². The third-order valence-corrected chi connectivity index (χ3v) is 5.55. The van der Waals surface area contributed by atoms with Crippen molar-refractivity contribution in [1.82, 2.24) is 10.5 Å². The highest BCUT2D eigenvalue weighted by Gasteiger charge is 2.47. The van der Waals surface area contributed by atoms with E-state index in [2.05, 4.69) is 31.0 Å². The van der Waals surface area contributed by atoms with Gasteiger partial charge in [0, 0.05) is 12.4 Å². The fourth-order valence-corrected chi connectivity index (χ4v) is 4.21. The van der Waals surface area contributed by atoms with Gasteiger partial charge in [0.1, 0.15) is 0 Å². The normalized spacial score (nSPS) is 23.2. The maximum atomic E-state index is 12.7. The van der Waals surface area contributed by atoms with E-state index in [1.54, 1.807) is 6.20 Å². The molecule has 1 aliphatic carbocycles. The van der Waals surface area contributed by atoms with Crippen LogP contribution in [0.25, 0.3) is 0 Å². The molecule has 1 aliphatic rings. The zero-order valence-electron chi connectivity index (χ0n) is 14.2. The van der Waals surface area contributed by atoms with Crippen LogP contribution in [-0.4, -0.2) is 16.1 Å². The Morgan fingerprint density at radius 3 is 2.88 bits per heavy atom. The average Bonchev–Trinajstić information content (AvgIpc) is 3.08. The summed E-state index contributed by atoms with van der Waals surface area (Å²) in [6.07, 6.45) is 6.91. The first-order valence-electron chi connectivity index (χ1n) is 8.56. The Kier molecular flexibility index (Phi) is 4.67. The van der Waals surface area contributed by atoms with E-state index in [4.69, 9.17) is 0 Å². The molecule has 0 radical (unpaired) electrons. The van der Waals surface area contributed by atoms with Gasteiger partial charge in [0.25, 0.3) is 5.91 Å². The monoisotopic (exact) mass is 324 g/mol. The average molecular weight is 324 g/mol. The van der Waals surface area contributed by atoms with Crippen molar-refractivity contribution in [3.05, 3.63) is 65.0 Å². The number of hydrogen-bond acceptors (Lipinski definition) is 3. The maximum Gasteiger partial charge on any atom is 0.254 e. The van der Waals surface area contributed by atoms with Gasteiger partial charge in [0.2, 0.25) is 0 Å². The molecule has 0 saturated heterocycles. The number of pyridine rings is 1. The largest absolute Gasteiger partial charge is 0.289 e. The first kappa shape index (κ1) is 16.7. The van der Waals surface area contributed by atoms with E-state index in [0.29, 0.717) is 6.42 Å². The van der Waals surface area contributed by atoms with Crippen molar-refractivity contribution in [2.45, 2.75) is 50.9 Å². The Labute approximate surface area is 142 Å². The molecule has 0 bridgehead atoms. The van der Waals surface area contributed by atoms with Gasteiger partial charge in [-0.25, -0.2) is 5.48 Å². The number of hydrogen-bond donors (Lipinski definition) is 2. The molecule has 0 spiro atoms. The Morgan fingerprint density at radius 2 is 2.21 bits per heavy atom. The summed E-state index contributed by atoms with van der Waals surface area (Å²) in [4.78, 5) is 16.9. The lowest BCUT2D eigenvalue weighted by atomic mass is 9.74. The number of benzene rings is 1. The highest BCUT2D eigenvalue weighted by molar-refractivity contribution is 5.88. The molecular weight excluding hydrogens is 300 g/mol. The van der Waals surface area contributed by atoms with Gasteiger partial charge in [0.15, 0.2) is 0 Å². The Hall–Kier alpha value is -2.20. The van der Waals surface area contributed by atoms with E-state index in [1.807, 2.05) is 29.9 Å². The summed E-state index contributed by atoms with van der Waals surface area (Å²) in [5.74, 6) is -0.0223. The molecular formula is C20H24N2O2. The summed E-state index contributed by atoms with van der Waals surface area (Å²) in [5.41, 5.74) is 5.87. The van der Waals surface area contributed by atoms with E-state index in [1.165, 1.54) is 5.56 Å². The first-order chi connectivity index (χ1) is 11.6. The topological polar surface area (TPSA) is 62.2 Å². The summed E-state index contributed by atoms with van der Waals surface area (Å²) in [7, 11) is 0. The molecule has 1 saturated carbocycles. The lowest BCUT2D eigenvalue weighted by molar-refractivity contribution is -0.135. The van der Waals surface area contributed by atoms with Crippen LogP contribution in [-0.2, 0) is 16.6 Å². The van der Waals surface area contributed by atoms with Crippen LogP contribution in [0.4, 0.5) is 0 Å². The minimum absolute atomic E-state index is 0.278. The number of nitrogens with one attached hydrogen (secondary N) is 1. The van der Waals surface area contributed by atoms with E-state index >= 15 is 0 Å². The first-order valence-corrected chi connectivity index (χ1v) is 8.56. The molecule has 126 valence electrons. The third kappa shape index (κ3) is 2.71. The van der Waals surface area contributed by atoms with E-state index in [9.17, 15) is 10.0 Å². The van der Waals surface area contributed by atoms with Crippen LogP contribution < -0.4 is 5.48 Å². The molecule has 4 nitrogen and oxygen atoms in total. The number of aromatic nitrogens is 1. The van der Waals surface area contributed by atoms with Gasteiger partial charge in [0.05, 0.1) is 5.41 Å². The lowest BCUT2D eigenvalue weighted by Gasteiger charge is -2.30. The fourth-order valence-electron chi connectivity index (χ4n) is 4.21. The van der Waals surface area contributed by atoms with Crippen molar-refractivity contribution < 1.29 is 10.0 Å². The van der Waals surface area contributed by atoms with Crippen molar-refractivity contribution in [1.29, 1.82) is 0 Å². The van der Waals surface area contributed by atoms with Gasteiger partial charge < -0.3 is 0 Å². The maximum absolute atomic E-state index is 12.7. The summed E-state index contributed by atoms with van der Waals surface area (Å²) in [6.45, 7) is 4.20. The summed E-state index contributed by atoms with van der Waals surface area (Å²) in [6, 6.07) is 10.2. The molecule has 1 amide bonds. The van der Waals surface area contributed by atoms with Crippen molar-refractivity contribution in [3.63, 3.8) is 0 Å². The van der Waals surface area contributed by atoms with Crippen molar-refractivity contribution in [2.75, 3.05) is 0 Å². The summed E-state index contributed by atoms with van der Waals surface area (Å²) < 4.78 is 0. The second-order valence-electron chi connectivity index (χ2n) is 6.69. The molecule has 4 heteroatoms. The van der Waals surface area contributed by atoms with Crippen LogP contribution >= 0.6 is 0 Å². The minimum atomic E-state index is -0.676. The molecule has 1 fully saturated rings. The predicted octanol–water partition coefficient (Wildman–Crippen LogP) is 3.66. The molecule has 0 aliphatic heterocycles. The number of carbonyl (C=O) groups is 1. The molecule has 3 rings (SSSR count). The summed E-state index contributed by atoms with van der Waals surface area (Å²) >= 11 is 0. The SMILES string of the molecule is CCc1cccc(C2(C(=O)NO)CCC(c3cccnc3)C2)c1C. The Bertz CT molecular complexity index is 730. The molecule has 2 atom stereocenters. The summed E-state index contributed by atoms with van der Waals surface area (Å²) in [5, 5.41) is 9.38. The molecule has 1 heterocycles. The molecule has 24 heavy (non-hydrogen) atoms. The van der Waals surface area contributed by atoms with Gasteiger partial charge in [-0.05, 0) is 66.8 Å². The van der Waals surface area contributed by atoms with Gasteiger partial charge in [-0.3, -0.25) is 15.0 Å².